The molecular formula is C14H10FNO. The highest BCUT2D eigenvalue weighted by atomic mass is 19.1. The first-order valence-corrected chi connectivity index (χ1v) is 5.36. The Hall–Kier alpha value is -2.16. The number of hydrogen-bond donors (Lipinski definition) is 0. The zero-order chi connectivity index (χ0) is 11.8. The minimum atomic E-state index is -0.250. The van der Waals surface area contributed by atoms with Crippen molar-refractivity contribution in [2.75, 3.05) is 0 Å². The Morgan fingerprint density at radius 1 is 1.12 bits per heavy atom. The number of aromatic nitrogens is 1. The molecule has 17 heavy (non-hydrogen) atoms. The number of fused-ring (bicyclic) bond motifs is 1. The third kappa shape index (κ3) is 1.69. The van der Waals surface area contributed by atoms with Crippen molar-refractivity contribution in [2.24, 2.45) is 0 Å². The van der Waals surface area contributed by atoms with Crippen molar-refractivity contribution in [3.8, 4) is 11.1 Å². The van der Waals surface area contributed by atoms with Gasteiger partial charge in [0, 0.05) is 12.5 Å². The highest BCUT2D eigenvalue weighted by molar-refractivity contribution is 5.90. The predicted octanol–water partition coefficient (Wildman–Crippen LogP) is 3.94. The van der Waals surface area contributed by atoms with Gasteiger partial charge in [-0.2, -0.15) is 0 Å². The van der Waals surface area contributed by atoms with Gasteiger partial charge in [-0.3, -0.25) is 0 Å². The lowest BCUT2D eigenvalue weighted by Crippen LogP contribution is -1.82. The second kappa shape index (κ2) is 3.70. The molecule has 0 aliphatic rings. The third-order valence-corrected chi connectivity index (χ3v) is 2.66. The van der Waals surface area contributed by atoms with Gasteiger partial charge in [0.2, 0.25) is 0 Å². The topological polar surface area (TPSA) is 26.0 Å². The Morgan fingerprint density at radius 2 is 1.94 bits per heavy atom. The van der Waals surface area contributed by atoms with Gasteiger partial charge in [-0.1, -0.05) is 24.3 Å². The normalized spacial score (nSPS) is 10.9. The zero-order valence-corrected chi connectivity index (χ0v) is 9.27. The number of para-hydroxylation sites is 1. The molecule has 3 aromatic rings. The molecule has 0 aliphatic heterocycles. The van der Waals surface area contributed by atoms with E-state index in [2.05, 4.69) is 4.98 Å². The molecule has 1 heterocycles. The van der Waals surface area contributed by atoms with Gasteiger partial charge < -0.3 is 4.42 Å². The van der Waals surface area contributed by atoms with Crippen LogP contribution in [-0.2, 0) is 0 Å². The van der Waals surface area contributed by atoms with E-state index in [9.17, 15) is 4.39 Å². The van der Waals surface area contributed by atoms with Crippen LogP contribution in [0, 0.1) is 12.7 Å². The number of rotatable bonds is 1. The lowest BCUT2D eigenvalue weighted by molar-refractivity contribution is 0.561. The maximum absolute atomic E-state index is 13.2. The number of benzene rings is 2. The second-order valence-electron chi connectivity index (χ2n) is 3.90. The fourth-order valence-corrected chi connectivity index (χ4v) is 1.95. The van der Waals surface area contributed by atoms with Crippen LogP contribution in [0.25, 0.3) is 22.2 Å². The Morgan fingerprint density at radius 3 is 2.76 bits per heavy atom. The lowest BCUT2D eigenvalue weighted by Gasteiger charge is -2.01. The molecule has 84 valence electrons. The molecule has 0 aliphatic carbocycles. The fourth-order valence-electron chi connectivity index (χ4n) is 1.95. The van der Waals surface area contributed by atoms with Crippen molar-refractivity contribution in [3.05, 3.63) is 54.2 Å². The summed E-state index contributed by atoms with van der Waals surface area (Å²) < 4.78 is 18.7. The third-order valence-electron chi connectivity index (χ3n) is 2.66. The SMILES string of the molecule is Cc1nc2c(-c3cccc(F)c3)cccc2o1. The molecule has 0 fully saturated rings. The summed E-state index contributed by atoms with van der Waals surface area (Å²) in [5.74, 6) is 0.364. The van der Waals surface area contributed by atoms with Crippen LogP contribution in [0.2, 0.25) is 0 Å². The van der Waals surface area contributed by atoms with Crippen molar-refractivity contribution in [1.29, 1.82) is 0 Å². The molecule has 0 atom stereocenters. The van der Waals surface area contributed by atoms with Crippen LogP contribution in [0.3, 0.4) is 0 Å². The minimum absolute atomic E-state index is 0.250. The van der Waals surface area contributed by atoms with Crippen molar-refractivity contribution in [3.63, 3.8) is 0 Å². The molecule has 0 unspecified atom stereocenters. The summed E-state index contributed by atoms with van der Waals surface area (Å²) in [6, 6.07) is 12.1. The van der Waals surface area contributed by atoms with E-state index in [1.165, 1.54) is 12.1 Å². The smallest absolute Gasteiger partial charge is 0.192 e. The molecule has 1 aromatic heterocycles. The molecule has 0 radical (unpaired) electrons. The first-order valence-electron chi connectivity index (χ1n) is 5.36. The van der Waals surface area contributed by atoms with Gasteiger partial charge in [0.05, 0.1) is 0 Å². The molecule has 2 nitrogen and oxygen atoms in total. The van der Waals surface area contributed by atoms with Gasteiger partial charge in [0.25, 0.3) is 0 Å². The van der Waals surface area contributed by atoms with Crippen LogP contribution < -0.4 is 0 Å². The molecule has 3 rings (SSSR count). The molecule has 0 saturated carbocycles. The van der Waals surface area contributed by atoms with E-state index in [4.69, 9.17) is 4.42 Å². The van der Waals surface area contributed by atoms with Gasteiger partial charge in [-0.05, 0) is 23.8 Å². The van der Waals surface area contributed by atoms with Crippen LogP contribution in [0.1, 0.15) is 5.89 Å². The van der Waals surface area contributed by atoms with Gasteiger partial charge in [-0.15, -0.1) is 0 Å². The zero-order valence-electron chi connectivity index (χ0n) is 9.27. The Labute approximate surface area is 97.7 Å². The number of nitrogens with zero attached hydrogens (tertiary/aromatic N) is 1. The Balaban J connectivity index is 2.30. The number of hydrogen-bond acceptors (Lipinski definition) is 2. The van der Waals surface area contributed by atoms with E-state index in [0.29, 0.717) is 5.89 Å². The van der Waals surface area contributed by atoms with E-state index in [1.54, 1.807) is 13.0 Å². The summed E-state index contributed by atoms with van der Waals surface area (Å²) in [6.45, 7) is 1.80. The quantitative estimate of drug-likeness (QED) is 0.629. The summed E-state index contributed by atoms with van der Waals surface area (Å²) in [5, 5.41) is 0. The summed E-state index contributed by atoms with van der Waals surface area (Å²) in [4.78, 5) is 4.33. The van der Waals surface area contributed by atoms with Gasteiger partial charge >= 0.3 is 0 Å². The van der Waals surface area contributed by atoms with Gasteiger partial charge in [-0.25, -0.2) is 9.37 Å². The molecule has 0 bridgehead atoms. The summed E-state index contributed by atoms with van der Waals surface area (Å²) in [7, 11) is 0. The van der Waals surface area contributed by atoms with E-state index in [1.807, 2.05) is 24.3 Å². The molecule has 0 amide bonds. The van der Waals surface area contributed by atoms with Crippen molar-refractivity contribution >= 4 is 11.1 Å². The maximum atomic E-state index is 13.2. The average Bonchev–Trinajstić information content (AvgIpc) is 2.68. The van der Waals surface area contributed by atoms with E-state index in [0.717, 1.165) is 22.2 Å². The van der Waals surface area contributed by atoms with Crippen molar-refractivity contribution < 1.29 is 8.81 Å². The van der Waals surface area contributed by atoms with Crippen LogP contribution in [0.4, 0.5) is 4.39 Å². The van der Waals surface area contributed by atoms with Crippen LogP contribution >= 0.6 is 0 Å². The Bertz CT molecular complexity index is 688. The molecule has 0 N–H and O–H groups in total. The predicted molar refractivity (Wildman–Crippen MR) is 64.1 cm³/mol. The van der Waals surface area contributed by atoms with Crippen LogP contribution in [-0.4, -0.2) is 4.98 Å². The summed E-state index contributed by atoms with van der Waals surface area (Å²) in [5.41, 5.74) is 3.20. The molecule has 0 saturated heterocycles. The highest BCUT2D eigenvalue weighted by Crippen LogP contribution is 2.28. The largest absolute Gasteiger partial charge is 0.441 e. The first kappa shape index (κ1) is 10.0. The van der Waals surface area contributed by atoms with E-state index in [-0.39, 0.29) is 5.82 Å². The van der Waals surface area contributed by atoms with Crippen LogP contribution in [0.5, 0.6) is 0 Å². The van der Waals surface area contributed by atoms with Crippen molar-refractivity contribution in [2.45, 2.75) is 6.92 Å². The standard InChI is InChI=1S/C14H10FNO/c1-9-16-14-12(6-3-7-13(14)17-9)10-4-2-5-11(15)8-10/h2-8H,1H3. The van der Waals surface area contributed by atoms with E-state index >= 15 is 0 Å². The maximum Gasteiger partial charge on any atom is 0.192 e. The highest BCUT2D eigenvalue weighted by Gasteiger charge is 2.09. The van der Waals surface area contributed by atoms with Crippen molar-refractivity contribution in [1.82, 2.24) is 4.98 Å². The number of halogens is 1. The summed E-state index contributed by atoms with van der Waals surface area (Å²) in [6.07, 6.45) is 0. The lowest BCUT2D eigenvalue weighted by atomic mass is 10.0. The first-order chi connectivity index (χ1) is 8.24. The second-order valence-corrected chi connectivity index (χ2v) is 3.90. The minimum Gasteiger partial charge on any atom is -0.441 e. The van der Waals surface area contributed by atoms with E-state index < -0.39 is 0 Å². The molecule has 2 aromatic carbocycles. The average molecular weight is 227 g/mol. The number of oxazole rings is 1. The van der Waals surface area contributed by atoms with Crippen LogP contribution in [0.15, 0.2) is 46.9 Å². The summed E-state index contributed by atoms with van der Waals surface area (Å²) >= 11 is 0. The fraction of sp³-hybridized carbons (Fsp3) is 0.0714. The molecule has 3 heteroatoms. The number of aryl methyl sites for hydroxylation is 1. The monoisotopic (exact) mass is 227 g/mol. The van der Waals surface area contributed by atoms with Gasteiger partial charge in [0.1, 0.15) is 11.3 Å². The molecule has 0 spiro atoms. The Kier molecular flexibility index (Phi) is 2.18. The molecular weight excluding hydrogens is 217 g/mol. The van der Waals surface area contributed by atoms with Gasteiger partial charge in [0.15, 0.2) is 11.5 Å².